The molecule has 1 atom stereocenters. The third-order valence-electron chi connectivity index (χ3n) is 3.04. The number of benzene rings is 2. The van der Waals surface area contributed by atoms with E-state index in [9.17, 15) is 8.78 Å². The van der Waals surface area contributed by atoms with Crippen LogP contribution >= 0.6 is 0 Å². The fourth-order valence-corrected chi connectivity index (χ4v) is 1.83. The molecule has 108 valence electrons. The zero-order valence-corrected chi connectivity index (χ0v) is 11.4. The quantitative estimate of drug-likeness (QED) is 0.937. The minimum atomic E-state index is -0.554. The molecule has 0 saturated carbocycles. The van der Waals surface area contributed by atoms with Crippen molar-refractivity contribution in [3.8, 4) is 11.8 Å². The molecular weight excluding hydrogens is 274 g/mol. The Hall–Kier alpha value is -2.45. The second-order valence-electron chi connectivity index (χ2n) is 4.69. The maximum atomic E-state index is 13.8. The molecule has 0 amide bonds. The van der Waals surface area contributed by atoms with Crippen LogP contribution in [0, 0.1) is 23.0 Å². The van der Waals surface area contributed by atoms with Gasteiger partial charge in [0.2, 0.25) is 0 Å². The van der Waals surface area contributed by atoms with E-state index in [1.807, 2.05) is 6.07 Å². The van der Waals surface area contributed by atoms with Crippen molar-refractivity contribution in [2.24, 2.45) is 5.73 Å². The smallest absolute Gasteiger partial charge is 0.165 e. The first-order valence-corrected chi connectivity index (χ1v) is 6.37. The summed E-state index contributed by atoms with van der Waals surface area (Å²) in [7, 11) is 0. The van der Waals surface area contributed by atoms with Crippen molar-refractivity contribution in [2.75, 3.05) is 0 Å². The third-order valence-corrected chi connectivity index (χ3v) is 3.04. The molecule has 0 spiro atoms. The van der Waals surface area contributed by atoms with Crippen LogP contribution in [0.5, 0.6) is 5.75 Å². The van der Waals surface area contributed by atoms with Gasteiger partial charge in [0.15, 0.2) is 11.6 Å². The van der Waals surface area contributed by atoms with Crippen LogP contribution in [0.25, 0.3) is 0 Å². The van der Waals surface area contributed by atoms with Crippen LogP contribution in [0.15, 0.2) is 36.4 Å². The zero-order valence-electron chi connectivity index (χ0n) is 11.4. The second kappa shape index (κ2) is 6.33. The first-order chi connectivity index (χ1) is 10.0. The number of hydrogen-bond donors (Lipinski definition) is 1. The SMILES string of the molecule is CC(N)c1ccc(OCc2cc(C#N)ccc2F)c(F)c1. The van der Waals surface area contributed by atoms with E-state index in [-0.39, 0.29) is 24.0 Å². The fraction of sp³-hybridized carbons (Fsp3) is 0.188. The maximum absolute atomic E-state index is 13.8. The normalized spacial score (nSPS) is 11.8. The summed E-state index contributed by atoms with van der Waals surface area (Å²) in [6.45, 7) is 1.59. The van der Waals surface area contributed by atoms with E-state index >= 15 is 0 Å². The Kier molecular flexibility index (Phi) is 4.51. The Bertz CT molecular complexity index is 693. The molecule has 0 aromatic heterocycles. The highest BCUT2D eigenvalue weighted by Crippen LogP contribution is 2.22. The number of nitrogens with zero attached hydrogens (tertiary/aromatic N) is 1. The summed E-state index contributed by atoms with van der Waals surface area (Å²) in [6, 6.07) is 9.98. The highest BCUT2D eigenvalue weighted by molar-refractivity contribution is 5.34. The molecule has 1 unspecified atom stereocenters. The van der Waals surface area contributed by atoms with Crippen LogP contribution in [0.1, 0.15) is 29.7 Å². The molecule has 0 aliphatic heterocycles. The molecule has 0 heterocycles. The first kappa shape index (κ1) is 14.9. The topological polar surface area (TPSA) is 59.0 Å². The molecule has 2 rings (SSSR count). The van der Waals surface area contributed by atoms with E-state index in [0.29, 0.717) is 11.1 Å². The largest absolute Gasteiger partial charge is 0.486 e. The summed E-state index contributed by atoms with van der Waals surface area (Å²) in [5, 5.41) is 8.78. The average Bonchev–Trinajstić information content (AvgIpc) is 2.47. The van der Waals surface area contributed by atoms with Gasteiger partial charge in [-0.05, 0) is 42.8 Å². The Balaban J connectivity index is 2.15. The number of halogens is 2. The summed E-state index contributed by atoms with van der Waals surface area (Å²) in [6.07, 6.45) is 0. The number of hydrogen-bond acceptors (Lipinski definition) is 3. The number of rotatable bonds is 4. The maximum Gasteiger partial charge on any atom is 0.165 e. The van der Waals surface area contributed by atoms with Gasteiger partial charge in [-0.15, -0.1) is 0 Å². The number of nitrogens with two attached hydrogens (primary N) is 1. The van der Waals surface area contributed by atoms with Crippen LogP contribution in [0.3, 0.4) is 0 Å². The zero-order chi connectivity index (χ0) is 15.4. The lowest BCUT2D eigenvalue weighted by Gasteiger charge is -2.11. The highest BCUT2D eigenvalue weighted by Gasteiger charge is 2.09. The molecule has 0 aliphatic rings. The molecule has 2 aromatic carbocycles. The van der Waals surface area contributed by atoms with Gasteiger partial charge in [-0.3, -0.25) is 0 Å². The van der Waals surface area contributed by atoms with Crippen molar-refractivity contribution in [3.63, 3.8) is 0 Å². The molecule has 0 aliphatic carbocycles. The lowest BCUT2D eigenvalue weighted by molar-refractivity contribution is 0.284. The van der Waals surface area contributed by atoms with E-state index in [1.54, 1.807) is 13.0 Å². The predicted molar refractivity (Wildman–Crippen MR) is 74.4 cm³/mol. The molecule has 3 nitrogen and oxygen atoms in total. The molecule has 0 fully saturated rings. The van der Waals surface area contributed by atoms with Crippen LogP contribution in [-0.2, 0) is 6.61 Å². The van der Waals surface area contributed by atoms with Gasteiger partial charge in [0.1, 0.15) is 12.4 Å². The molecule has 0 saturated heterocycles. The Morgan fingerprint density at radius 2 is 1.95 bits per heavy atom. The van der Waals surface area contributed by atoms with Crippen LogP contribution in [0.2, 0.25) is 0 Å². The average molecular weight is 288 g/mol. The predicted octanol–water partition coefficient (Wildman–Crippen LogP) is 3.44. The molecule has 2 aromatic rings. The third kappa shape index (κ3) is 3.56. The van der Waals surface area contributed by atoms with Crippen LogP contribution in [0.4, 0.5) is 8.78 Å². The van der Waals surface area contributed by atoms with E-state index < -0.39 is 11.6 Å². The summed E-state index contributed by atoms with van der Waals surface area (Å²) in [4.78, 5) is 0. The monoisotopic (exact) mass is 288 g/mol. The van der Waals surface area contributed by atoms with E-state index in [2.05, 4.69) is 0 Å². The van der Waals surface area contributed by atoms with E-state index in [4.69, 9.17) is 15.7 Å². The van der Waals surface area contributed by atoms with Gasteiger partial charge >= 0.3 is 0 Å². The van der Waals surface area contributed by atoms with Gasteiger partial charge in [-0.2, -0.15) is 5.26 Å². The number of nitriles is 1. The molecular formula is C16H14F2N2O. The van der Waals surface area contributed by atoms with Crippen molar-refractivity contribution in [1.29, 1.82) is 5.26 Å². The van der Waals surface area contributed by atoms with Crippen LogP contribution in [-0.4, -0.2) is 0 Å². The van der Waals surface area contributed by atoms with Gasteiger partial charge in [0.05, 0.1) is 11.6 Å². The van der Waals surface area contributed by atoms with Crippen LogP contribution < -0.4 is 10.5 Å². The summed E-state index contributed by atoms with van der Waals surface area (Å²) in [5.41, 5.74) is 6.83. The minimum Gasteiger partial charge on any atom is -0.486 e. The van der Waals surface area contributed by atoms with Crippen molar-refractivity contribution in [2.45, 2.75) is 19.6 Å². The molecule has 5 heteroatoms. The highest BCUT2D eigenvalue weighted by atomic mass is 19.1. The lowest BCUT2D eigenvalue weighted by atomic mass is 10.1. The van der Waals surface area contributed by atoms with Gasteiger partial charge in [-0.25, -0.2) is 8.78 Å². The molecule has 2 N–H and O–H groups in total. The van der Waals surface area contributed by atoms with Gasteiger partial charge < -0.3 is 10.5 Å². The number of ether oxygens (including phenoxy) is 1. The lowest BCUT2D eigenvalue weighted by Crippen LogP contribution is -2.06. The summed E-state index contributed by atoms with van der Waals surface area (Å²) >= 11 is 0. The van der Waals surface area contributed by atoms with E-state index in [0.717, 1.165) is 0 Å². The van der Waals surface area contributed by atoms with Gasteiger partial charge in [0, 0.05) is 11.6 Å². The van der Waals surface area contributed by atoms with E-state index in [1.165, 1.54) is 30.3 Å². The van der Waals surface area contributed by atoms with Crippen molar-refractivity contribution < 1.29 is 13.5 Å². The Morgan fingerprint density at radius 1 is 1.19 bits per heavy atom. The van der Waals surface area contributed by atoms with Gasteiger partial charge in [0.25, 0.3) is 0 Å². The molecule has 0 radical (unpaired) electrons. The summed E-state index contributed by atoms with van der Waals surface area (Å²) < 4.78 is 32.7. The minimum absolute atomic E-state index is 0.0150. The molecule has 0 bridgehead atoms. The van der Waals surface area contributed by atoms with Crippen molar-refractivity contribution >= 4 is 0 Å². The molecule has 21 heavy (non-hydrogen) atoms. The Labute approximate surface area is 121 Å². The van der Waals surface area contributed by atoms with Gasteiger partial charge in [-0.1, -0.05) is 6.07 Å². The first-order valence-electron chi connectivity index (χ1n) is 6.37. The second-order valence-corrected chi connectivity index (χ2v) is 4.69. The standard InChI is InChI=1S/C16H14F2N2O/c1-10(20)12-3-5-16(15(18)7-12)21-9-13-6-11(8-19)2-4-14(13)17/h2-7,10H,9,20H2,1H3. The fourth-order valence-electron chi connectivity index (χ4n) is 1.83. The summed E-state index contributed by atoms with van der Waals surface area (Å²) in [5.74, 6) is -1.04. The Morgan fingerprint density at radius 3 is 2.57 bits per heavy atom. The van der Waals surface area contributed by atoms with Crippen molar-refractivity contribution in [3.05, 3.63) is 64.7 Å². The van der Waals surface area contributed by atoms with Crippen molar-refractivity contribution in [1.82, 2.24) is 0 Å².